The van der Waals surface area contributed by atoms with Gasteiger partial charge in [-0.15, -0.1) is 0 Å². The Morgan fingerprint density at radius 3 is 2.85 bits per heavy atom. The van der Waals surface area contributed by atoms with Crippen LogP contribution in [0.2, 0.25) is 0 Å². The van der Waals surface area contributed by atoms with Crippen molar-refractivity contribution in [3.63, 3.8) is 0 Å². The molecule has 1 unspecified atom stereocenters. The summed E-state index contributed by atoms with van der Waals surface area (Å²) in [7, 11) is 0. The van der Waals surface area contributed by atoms with E-state index in [4.69, 9.17) is 10.5 Å². The van der Waals surface area contributed by atoms with Gasteiger partial charge < -0.3 is 15.8 Å². The molecule has 0 saturated heterocycles. The summed E-state index contributed by atoms with van der Waals surface area (Å²) in [6.45, 7) is 2.86. The van der Waals surface area contributed by atoms with Crippen molar-refractivity contribution in [3.8, 4) is 5.75 Å². The summed E-state index contributed by atoms with van der Waals surface area (Å²) in [5.74, 6) is -0.139. The summed E-state index contributed by atoms with van der Waals surface area (Å²) in [5, 5.41) is 3.24. The van der Waals surface area contributed by atoms with Crippen LogP contribution in [0.15, 0.2) is 24.3 Å². The molecule has 1 fully saturated rings. The number of rotatable bonds is 8. The molecular formula is C15H21FN2O2. The van der Waals surface area contributed by atoms with Gasteiger partial charge in [0.25, 0.3) is 0 Å². The van der Waals surface area contributed by atoms with Gasteiger partial charge in [-0.3, -0.25) is 4.79 Å². The largest absolute Gasteiger partial charge is 0.491 e. The lowest BCUT2D eigenvalue weighted by molar-refractivity contribution is -0.126. The number of hydrogen-bond donors (Lipinski definition) is 2. The number of benzene rings is 1. The second-order valence-electron chi connectivity index (χ2n) is 5.28. The van der Waals surface area contributed by atoms with Gasteiger partial charge in [0, 0.05) is 6.07 Å². The molecule has 0 aliphatic heterocycles. The van der Waals surface area contributed by atoms with Gasteiger partial charge in [-0.05, 0) is 43.9 Å². The van der Waals surface area contributed by atoms with Gasteiger partial charge >= 0.3 is 0 Å². The van der Waals surface area contributed by atoms with Crippen molar-refractivity contribution in [1.82, 2.24) is 5.32 Å². The van der Waals surface area contributed by atoms with Crippen molar-refractivity contribution in [2.45, 2.75) is 31.7 Å². The first-order valence-corrected chi connectivity index (χ1v) is 7.02. The molecular weight excluding hydrogens is 259 g/mol. The summed E-state index contributed by atoms with van der Waals surface area (Å²) in [6.07, 6.45) is 2.83. The lowest BCUT2D eigenvalue weighted by Crippen LogP contribution is -2.61. The van der Waals surface area contributed by atoms with Crippen molar-refractivity contribution in [3.05, 3.63) is 30.1 Å². The van der Waals surface area contributed by atoms with Crippen LogP contribution in [0, 0.1) is 11.7 Å². The fourth-order valence-electron chi connectivity index (χ4n) is 2.35. The van der Waals surface area contributed by atoms with E-state index in [1.165, 1.54) is 12.1 Å². The van der Waals surface area contributed by atoms with E-state index in [0.717, 1.165) is 19.3 Å². The Morgan fingerprint density at radius 1 is 1.55 bits per heavy atom. The Labute approximate surface area is 118 Å². The summed E-state index contributed by atoms with van der Waals surface area (Å²) < 4.78 is 18.7. The van der Waals surface area contributed by atoms with E-state index in [-0.39, 0.29) is 18.3 Å². The van der Waals surface area contributed by atoms with Gasteiger partial charge in [0.05, 0.1) is 0 Å². The fraction of sp³-hybridized carbons (Fsp3) is 0.533. The molecule has 1 atom stereocenters. The first-order chi connectivity index (χ1) is 9.58. The number of carbonyl (C=O) groups is 1. The molecule has 5 heteroatoms. The van der Waals surface area contributed by atoms with E-state index in [1.807, 2.05) is 6.92 Å². The van der Waals surface area contributed by atoms with E-state index in [9.17, 15) is 9.18 Å². The SMILES string of the molecule is CCCNC(COc1cccc(F)c1)(C(N)=O)C1CC1. The van der Waals surface area contributed by atoms with Crippen LogP contribution in [0.3, 0.4) is 0 Å². The second kappa shape index (κ2) is 6.22. The monoisotopic (exact) mass is 280 g/mol. The first kappa shape index (κ1) is 14.8. The second-order valence-corrected chi connectivity index (χ2v) is 5.28. The molecule has 1 amide bonds. The van der Waals surface area contributed by atoms with Gasteiger partial charge in [0.15, 0.2) is 0 Å². The number of nitrogens with one attached hydrogen (secondary N) is 1. The third-order valence-electron chi connectivity index (χ3n) is 3.67. The molecule has 1 aromatic carbocycles. The number of amides is 1. The van der Waals surface area contributed by atoms with Crippen LogP contribution in [0.1, 0.15) is 26.2 Å². The maximum absolute atomic E-state index is 13.1. The van der Waals surface area contributed by atoms with Crippen LogP contribution >= 0.6 is 0 Å². The van der Waals surface area contributed by atoms with Crippen LogP contribution < -0.4 is 15.8 Å². The topological polar surface area (TPSA) is 64.3 Å². The average Bonchev–Trinajstić information content (AvgIpc) is 3.24. The zero-order chi connectivity index (χ0) is 14.6. The number of primary amides is 1. The Morgan fingerprint density at radius 2 is 2.30 bits per heavy atom. The number of carbonyl (C=O) groups excluding carboxylic acids is 1. The van der Waals surface area contributed by atoms with Crippen molar-refractivity contribution in [2.24, 2.45) is 11.7 Å². The molecule has 4 nitrogen and oxygen atoms in total. The van der Waals surface area contributed by atoms with E-state index in [1.54, 1.807) is 12.1 Å². The number of hydrogen-bond acceptors (Lipinski definition) is 3. The highest BCUT2D eigenvalue weighted by atomic mass is 19.1. The van der Waals surface area contributed by atoms with Gasteiger partial charge in [-0.25, -0.2) is 4.39 Å². The molecule has 1 aliphatic rings. The van der Waals surface area contributed by atoms with Gasteiger partial charge in [-0.2, -0.15) is 0 Å². The third kappa shape index (κ3) is 3.28. The summed E-state index contributed by atoms with van der Waals surface area (Å²) >= 11 is 0. The number of halogens is 1. The molecule has 20 heavy (non-hydrogen) atoms. The van der Waals surface area contributed by atoms with Gasteiger partial charge in [-0.1, -0.05) is 13.0 Å². The van der Waals surface area contributed by atoms with E-state index in [2.05, 4.69) is 5.32 Å². The predicted molar refractivity (Wildman–Crippen MR) is 74.8 cm³/mol. The normalized spacial score (nSPS) is 17.5. The van der Waals surface area contributed by atoms with Crippen LogP contribution in [0.25, 0.3) is 0 Å². The smallest absolute Gasteiger partial charge is 0.241 e. The molecule has 1 saturated carbocycles. The Balaban J connectivity index is 2.09. The summed E-state index contributed by atoms with van der Waals surface area (Å²) in [6, 6.07) is 5.90. The molecule has 1 aromatic rings. The van der Waals surface area contributed by atoms with Crippen molar-refractivity contribution in [2.75, 3.05) is 13.2 Å². The Kier molecular flexibility index (Phi) is 4.60. The molecule has 0 bridgehead atoms. The average molecular weight is 280 g/mol. The van der Waals surface area contributed by atoms with Crippen LogP contribution in [0.4, 0.5) is 4.39 Å². The molecule has 0 heterocycles. The van der Waals surface area contributed by atoms with Gasteiger partial charge in [0.1, 0.15) is 23.7 Å². The van der Waals surface area contributed by atoms with E-state index >= 15 is 0 Å². The maximum atomic E-state index is 13.1. The molecule has 110 valence electrons. The minimum absolute atomic E-state index is 0.135. The molecule has 0 radical (unpaired) electrons. The molecule has 3 N–H and O–H groups in total. The number of nitrogens with two attached hydrogens (primary N) is 1. The highest BCUT2D eigenvalue weighted by molar-refractivity contribution is 5.85. The summed E-state index contributed by atoms with van der Waals surface area (Å²) in [4.78, 5) is 11.9. The standard InChI is InChI=1S/C15H21FN2O2/c1-2-8-18-15(14(17)19,11-6-7-11)10-20-13-5-3-4-12(16)9-13/h3-5,9,11,18H,2,6-8,10H2,1H3,(H2,17,19). The summed E-state index contributed by atoms with van der Waals surface area (Å²) in [5.41, 5.74) is 4.75. The quantitative estimate of drug-likeness (QED) is 0.763. The molecule has 0 spiro atoms. The molecule has 2 rings (SSSR count). The first-order valence-electron chi connectivity index (χ1n) is 7.02. The van der Waals surface area contributed by atoms with Crippen LogP contribution in [-0.2, 0) is 4.79 Å². The van der Waals surface area contributed by atoms with Crippen molar-refractivity contribution < 1.29 is 13.9 Å². The van der Waals surface area contributed by atoms with Gasteiger partial charge in [0.2, 0.25) is 5.91 Å². The minimum Gasteiger partial charge on any atom is -0.491 e. The highest BCUT2D eigenvalue weighted by Gasteiger charge is 2.50. The van der Waals surface area contributed by atoms with E-state index in [0.29, 0.717) is 12.3 Å². The molecule has 0 aromatic heterocycles. The fourth-order valence-corrected chi connectivity index (χ4v) is 2.35. The zero-order valence-corrected chi connectivity index (χ0v) is 11.7. The Hall–Kier alpha value is -1.62. The van der Waals surface area contributed by atoms with E-state index < -0.39 is 11.4 Å². The van der Waals surface area contributed by atoms with Crippen LogP contribution in [-0.4, -0.2) is 24.6 Å². The molecule has 1 aliphatic carbocycles. The minimum atomic E-state index is -0.845. The predicted octanol–water partition coefficient (Wildman–Crippen LogP) is 1.84. The lowest BCUT2D eigenvalue weighted by Gasteiger charge is -2.31. The third-order valence-corrected chi connectivity index (χ3v) is 3.67. The Bertz CT molecular complexity index is 477. The maximum Gasteiger partial charge on any atom is 0.241 e. The zero-order valence-electron chi connectivity index (χ0n) is 11.7. The highest BCUT2D eigenvalue weighted by Crippen LogP contribution is 2.40. The lowest BCUT2D eigenvalue weighted by atomic mass is 9.93. The number of ether oxygens (including phenoxy) is 1. The van der Waals surface area contributed by atoms with Crippen molar-refractivity contribution >= 4 is 5.91 Å². The van der Waals surface area contributed by atoms with Crippen molar-refractivity contribution in [1.29, 1.82) is 0 Å². The van der Waals surface area contributed by atoms with Crippen LogP contribution in [0.5, 0.6) is 5.75 Å².